The third kappa shape index (κ3) is 2.82. The van der Waals surface area contributed by atoms with Gasteiger partial charge in [0.2, 0.25) is 0 Å². The van der Waals surface area contributed by atoms with Crippen LogP contribution in [0.15, 0.2) is 47.5 Å². The summed E-state index contributed by atoms with van der Waals surface area (Å²) in [6, 6.07) is 14.4. The van der Waals surface area contributed by atoms with Crippen molar-refractivity contribution in [3.05, 3.63) is 80.9 Å². The summed E-state index contributed by atoms with van der Waals surface area (Å²) in [6.45, 7) is 9.53. The fraction of sp³-hybridized carbons (Fsp3) is 0.385. The SMILES string of the molecule is CCC1=Cc2c(C)cccc2[CH]1[Hf]([CH3])([CH3])([CH]1C(CC)=Cc2c(C)cccc21)=[Si]1[SiH2][SiH2]1. The Morgan fingerprint density at radius 3 is 1.57 bits per heavy atom. The summed E-state index contributed by atoms with van der Waals surface area (Å²) >= 11 is -3.33. The predicted molar refractivity (Wildman–Crippen MR) is 139 cm³/mol. The van der Waals surface area contributed by atoms with E-state index in [0.29, 0.717) is 17.1 Å². The van der Waals surface area contributed by atoms with Gasteiger partial charge in [0, 0.05) is 0 Å². The normalized spacial score (nSPS) is 24.2. The van der Waals surface area contributed by atoms with E-state index >= 15 is 0 Å². The summed E-state index contributed by atoms with van der Waals surface area (Å²) in [5.41, 5.74) is 13.3. The van der Waals surface area contributed by atoms with E-state index in [-0.39, 0.29) is 4.53 Å². The van der Waals surface area contributed by atoms with Crippen molar-refractivity contribution in [3.63, 3.8) is 0 Å². The van der Waals surface area contributed by atoms with Crippen LogP contribution in [0.4, 0.5) is 0 Å². The van der Waals surface area contributed by atoms with Crippen molar-refractivity contribution in [3.8, 4) is 0 Å². The quantitative estimate of drug-likeness (QED) is 0.388. The number of hydrogen-bond acceptors (Lipinski definition) is 0. The van der Waals surface area contributed by atoms with Gasteiger partial charge in [-0.1, -0.05) is 0 Å². The molecule has 4 heteroatoms. The van der Waals surface area contributed by atoms with Crippen LogP contribution in [0.5, 0.6) is 0 Å². The molecule has 0 aromatic heterocycles. The molecule has 5 rings (SSSR count). The standard InChI is InChI=1S/2C12H13.2CH3.Hf.H4Si3/c2*1-3-10-7-11-6-4-5-9(2)12(11)8-10;;;;1-2-3-1/h2*4-8H,3H2,1-2H3;2*1H3;;1-2H2. The van der Waals surface area contributed by atoms with E-state index in [2.05, 4.69) is 85.6 Å². The van der Waals surface area contributed by atoms with Gasteiger partial charge in [0.15, 0.2) is 0 Å². The number of aryl methyl sites for hydroxylation is 2. The van der Waals surface area contributed by atoms with Crippen molar-refractivity contribution in [2.45, 2.75) is 57.2 Å². The second-order valence-electron chi connectivity index (χ2n) is 10.9. The van der Waals surface area contributed by atoms with Crippen LogP contribution in [0.3, 0.4) is 0 Å². The van der Waals surface area contributed by atoms with E-state index in [1.54, 1.807) is 22.3 Å². The van der Waals surface area contributed by atoms with E-state index in [1.165, 1.54) is 24.0 Å². The summed E-state index contributed by atoms with van der Waals surface area (Å²) in [6.07, 6.45) is 7.77. The molecule has 3 aliphatic rings. The van der Waals surface area contributed by atoms with Gasteiger partial charge in [-0.05, 0) is 0 Å². The van der Waals surface area contributed by atoms with Crippen LogP contribution >= 0.6 is 0 Å². The Morgan fingerprint density at radius 2 is 1.20 bits per heavy atom. The van der Waals surface area contributed by atoms with Crippen molar-refractivity contribution >= 4 is 33.8 Å². The summed E-state index contributed by atoms with van der Waals surface area (Å²) < 4.78 is 7.68. The summed E-state index contributed by atoms with van der Waals surface area (Å²) in [5.74, 6) is 0. The molecule has 2 atom stereocenters. The third-order valence-corrected chi connectivity index (χ3v) is 174. The van der Waals surface area contributed by atoms with Crippen LogP contribution in [-0.4, -0.2) is 21.6 Å². The minimum absolute atomic E-state index is 0.0363. The molecule has 0 spiro atoms. The molecule has 0 amide bonds. The molecule has 1 saturated heterocycles. The number of benzene rings is 2. The molecule has 1 heterocycles. The molecule has 2 aliphatic carbocycles. The van der Waals surface area contributed by atoms with Crippen LogP contribution in [0, 0.1) is 13.8 Å². The fourth-order valence-electron chi connectivity index (χ4n) is 7.38. The van der Waals surface area contributed by atoms with Gasteiger partial charge in [-0.15, -0.1) is 0 Å². The van der Waals surface area contributed by atoms with E-state index in [4.69, 9.17) is 0 Å². The van der Waals surface area contributed by atoms with Crippen molar-refractivity contribution in [1.82, 2.24) is 0 Å². The first-order valence-corrected chi connectivity index (χ1v) is 38.8. The van der Waals surface area contributed by atoms with E-state index in [9.17, 15) is 0 Å². The van der Waals surface area contributed by atoms with Crippen LogP contribution in [0.2, 0.25) is 9.36 Å². The monoisotopic (exact) mass is 612 g/mol. The molecule has 2 unspecified atom stereocenters. The topological polar surface area (TPSA) is 0 Å². The molecule has 0 bridgehead atoms. The zero-order valence-corrected chi connectivity index (χ0v) is 27.0. The van der Waals surface area contributed by atoms with Gasteiger partial charge < -0.3 is 0 Å². The van der Waals surface area contributed by atoms with Gasteiger partial charge in [0.25, 0.3) is 0 Å². The Balaban J connectivity index is 1.84. The Labute approximate surface area is 187 Å². The van der Waals surface area contributed by atoms with E-state index in [1.807, 2.05) is 11.1 Å². The zero-order chi connectivity index (χ0) is 21.3. The average molecular weight is 611 g/mol. The molecule has 0 radical (unpaired) electrons. The molecule has 156 valence electrons. The van der Waals surface area contributed by atoms with Gasteiger partial charge in [-0.3, -0.25) is 0 Å². The summed E-state index contributed by atoms with van der Waals surface area (Å²) in [4.78, 5) is 0. The second kappa shape index (κ2) is 7.23. The first kappa shape index (κ1) is 21.3. The van der Waals surface area contributed by atoms with Gasteiger partial charge in [0.1, 0.15) is 0 Å². The van der Waals surface area contributed by atoms with E-state index in [0.717, 1.165) is 7.35 Å². The van der Waals surface area contributed by atoms with Crippen LogP contribution < -0.4 is 0 Å². The first-order valence-electron chi connectivity index (χ1n) is 12.0. The summed E-state index contributed by atoms with van der Waals surface area (Å²) in [7, 11) is 0.712. The van der Waals surface area contributed by atoms with Gasteiger partial charge in [-0.25, -0.2) is 0 Å². The molecule has 30 heavy (non-hydrogen) atoms. The Hall–Kier alpha value is -0.559. The summed E-state index contributed by atoms with van der Waals surface area (Å²) in [5, 5.41) is 0. The molecular formula is C26H36HfSi3. The van der Waals surface area contributed by atoms with Crippen molar-refractivity contribution in [2.24, 2.45) is 0 Å². The molecule has 0 nitrogen and oxygen atoms in total. The van der Waals surface area contributed by atoms with Crippen molar-refractivity contribution in [2.75, 3.05) is 0 Å². The average Bonchev–Trinajstić information content (AvgIpc) is 3.40. The Bertz CT molecular complexity index is 1120. The molecule has 0 saturated carbocycles. The van der Waals surface area contributed by atoms with Crippen LogP contribution in [-0.2, 0) is 17.1 Å². The van der Waals surface area contributed by atoms with E-state index < -0.39 is 17.1 Å². The fourth-order valence-corrected chi connectivity index (χ4v) is 278. The van der Waals surface area contributed by atoms with Gasteiger partial charge in [0.05, 0.1) is 0 Å². The van der Waals surface area contributed by atoms with Crippen LogP contribution in [0.25, 0.3) is 12.2 Å². The predicted octanol–water partition coefficient (Wildman–Crippen LogP) is 5.74. The third-order valence-electron chi connectivity index (χ3n) is 8.95. The second-order valence-corrected chi connectivity index (χ2v) is 91.9. The van der Waals surface area contributed by atoms with Crippen LogP contribution in [0.1, 0.15) is 67.4 Å². The zero-order valence-electron chi connectivity index (χ0n) is 19.6. The molecule has 1 aliphatic heterocycles. The molecule has 2 aromatic rings. The Kier molecular flexibility index (Phi) is 5.13. The maximum atomic E-state index is 3.00. The molecule has 0 N–H and O–H groups in total. The number of allylic oxidation sites excluding steroid dienone is 2. The van der Waals surface area contributed by atoms with Crippen molar-refractivity contribution in [1.29, 1.82) is 0 Å². The number of rotatable bonds is 4. The molecule has 2 aromatic carbocycles. The van der Waals surface area contributed by atoms with Crippen molar-refractivity contribution < 1.29 is 17.1 Å². The number of hydrogen-bond donors (Lipinski definition) is 0. The number of fused-ring (bicyclic) bond motifs is 2. The maximum absolute atomic E-state index is 3.33. The van der Waals surface area contributed by atoms with Gasteiger partial charge in [-0.2, -0.15) is 0 Å². The molecular weight excluding hydrogens is 575 g/mol. The first-order chi connectivity index (χ1) is 14.3. The minimum atomic E-state index is -3.33. The molecule has 1 fully saturated rings. The Morgan fingerprint density at radius 1 is 0.767 bits per heavy atom. The van der Waals surface area contributed by atoms with Gasteiger partial charge >= 0.3 is 189 Å².